The van der Waals surface area contributed by atoms with Gasteiger partial charge in [-0.15, -0.1) is 0 Å². The Balaban J connectivity index is 2.43. The van der Waals surface area contributed by atoms with Crippen LogP contribution in [0.5, 0.6) is 0 Å². The summed E-state index contributed by atoms with van der Waals surface area (Å²) in [6.45, 7) is 8.07. The molecule has 1 fully saturated rings. The second kappa shape index (κ2) is 7.65. The van der Waals surface area contributed by atoms with Gasteiger partial charge in [-0.1, -0.05) is 13.8 Å². The highest BCUT2D eigenvalue weighted by molar-refractivity contribution is 7.98. The van der Waals surface area contributed by atoms with Gasteiger partial charge in [-0.3, -0.25) is 4.90 Å². The van der Waals surface area contributed by atoms with E-state index in [-0.39, 0.29) is 0 Å². The molecule has 1 saturated heterocycles. The molecule has 1 aliphatic rings. The Kier molecular flexibility index (Phi) is 6.90. The minimum atomic E-state index is 0.590. The maximum Gasteiger partial charge on any atom is 0.0218 e. The van der Waals surface area contributed by atoms with Crippen molar-refractivity contribution >= 4 is 11.8 Å². The predicted octanol–water partition coefficient (Wildman–Crippen LogP) is 2.97. The van der Waals surface area contributed by atoms with Gasteiger partial charge in [0.25, 0.3) is 0 Å². The van der Waals surface area contributed by atoms with E-state index >= 15 is 0 Å². The van der Waals surface area contributed by atoms with E-state index in [1.54, 1.807) is 0 Å². The fourth-order valence-corrected chi connectivity index (χ4v) is 3.48. The molecule has 102 valence electrons. The van der Waals surface area contributed by atoms with Crippen LogP contribution in [0.3, 0.4) is 0 Å². The van der Waals surface area contributed by atoms with Gasteiger partial charge in [-0.25, -0.2) is 0 Å². The van der Waals surface area contributed by atoms with Crippen molar-refractivity contribution in [2.45, 2.75) is 52.0 Å². The molecular weight excluding hydrogens is 228 g/mol. The van der Waals surface area contributed by atoms with Gasteiger partial charge in [0.1, 0.15) is 0 Å². The van der Waals surface area contributed by atoms with E-state index in [1.165, 1.54) is 50.9 Å². The van der Waals surface area contributed by atoms with Crippen molar-refractivity contribution < 1.29 is 0 Å². The van der Waals surface area contributed by atoms with E-state index in [0.717, 1.165) is 6.54 Å². The Morgan fingerprint density at radius 2 is 2.06 bits per heavy atom. The summed E-state index contributed by atoms with van der Waals surface area (Å²) in [4.78, 5) is 2.66. The van der Waals surface area contributed by atoms with Crippen molar-refractivity contribution in [3.63, 3.8) is 0 Å². The van der Waals surface area contributed by atoms with Crippen LogP contribution in [-0.2, 0) is 0 Å². The number of likely N-dealkylation sites (tertiary alicyclic amines) is 1. The van der Waals surface area contributed by atoms with Crippen LogP contribution in [0.15, 0.2) is 0 Å². The molecule has 0 amide bonds. The van der Waals surface area contributed by atoms with E-state index in [0.29, 0.717) is 11.5 Å². The van der Waals surface area contributed by atoms with E-state index in [1.807, 2.05) is 11.8 Å². The zero-order valence-electron chi connectivity index (χ0n) is 11.9. The lowest BCUT2D eigenvalue weighted by Crippen LogP contribution is -2.40. The Bertz CT molecular complexity index is 204. The molecular formula is C14H30N2S. The molecule has 1 atom stereocenters. The van der Waals surface area contributed by atoms with Gasteiger partial charge in [-0.05, 0) is 56.1 Å². The Labute approximate surface area is 112 Å². The summed E-state index contributed by atoms with van der Waals surface area (Å²) in [7, 11) is 0. The number of hydrogen-bond donors (Lipinski definition) is 1. The van der Waals surface area contributed by atoms with Gasteiger partial charge in [0.15, 0.2) is 0 Å². The zero-order valence-corrected chi connectivity index (χ0v) is 12.7. The molecule has 0 aromatic rings. The number of thioether (sulfide) groups is 1. The fraction of sp³-hybridized carbons (Fsp3) is 1.00. The molecule has 0 aliphatic carbocycles. The summed E-state index contributed by atoms with van der Waals surface area (Å²) in [6, 6.07) is 0.627. The lowest BCUT2D eigenvalue weighted by Gasteiger charge is -2.30. The topological polar surface area (TPSA) is 29.3 Å². The number of nitrogens with two attached hydrogens (primary N) is 1. The number of rotatable bonds is 8. The summed E-state index contributed by atoms with van der Waals surface area (Å²) in [6.07, 6.45) is 8.79. The van der Waals surface area contributed by atoms with E-state index in [9.17, 15) is 0 Å². The number of hydrogen-bond acceptors (Lipinski definition) is 3. The van der Waals surface area contributed by atoms with E-state index in [2.05, 4.69) is 25.0 Å². The molecule has 3 heteroatoms. The molecule has 2 N–H and O–H groups in total. The summed E-state index contributed by atoms with van der Waals surface area (Å²) >= 11 is 1.95. The Morgan fingerprint density at radius 3 is 2.53 bits per heavy atom. The first kappa shape index (κ1) is 15.3. The van der Waals surface area contributed by atoms with Crippen molar-refractivity contribution in [3.05, 3.63) is 0 Å². The SMILES string of the molecule is CCC1(CC)CCN(C(CN)CCCSC)C1. The lowest BCUT2D eigenvalue weighted by molar-refractivity contribution is 0.189. The first-order valence-corrected chi connectivity index (χ1v) is 8.53. The van der Waals surface area contributed by atoms with Crippen molar-refractivity contribution in [1.82, 2.24) is 4.90 Å². The van der Waals surface area contributed by atoms with Crippen LogP contribution in [0.4, 0.5) is 0 Å². The van der Waals surface area contributed by atoms with E-state index < -0.39 is 0 Å². The maximum atomic E-state index is 5.96. The average molecular weight is 258 g/mol. The Morgan fingerprint density at radius 1 is 1.35 bits per heavy atom. The smallest absolute Gasteiger partial charge is 0.0218 e. The molecule has 0 spiro atoms. The first-order valence-electron chi connectivity index (χ1n) is 7.14. The summed E-state index contributed by atoms with van der Waals surface area (Å²) < 4.78 is 0. The highest BCUT2D eigenvalue weighted by atomic mass is 32.2. The van der Waals surface area contributed by atoms with Crippen LogP contribution in [0, 0.1) is 5.41 Å². The third-order valence-corrected chi connectivity index (χ3v) is 5.34. The largest absolute Gasteiger partial charge is 0.329 e. The third kappa shape index (κ3) is 4.15. The van der Waals surface area contributed by atoms with Gasteiger partial charge in [-0.2, -0.15) is 11.8 Å². The van der Waals surface area contributed by atoms with Crippen LogP contribution in [0.2, 0.25) is 0 Å². The molecule has 0 aromatic carbocycles. The molecule has 1 heterocycles. The molecule has 1 aliphatic heterocycles. The van der Waals surface area contributed by atoms with Crippen LogP contribution in [0.1, 0.15) is 46.0 Å². The third-order valence-electron chi connectivity index (χ3n) is 4.64. The molecule has 17 heavy (non-hydrogen) atoms. The second-order valence-corrected chi connectivity index (χ2v) is 6.44. The van der Waals surface area contributed by atoms with Crippen molar-refractivity contribution in [1.29, 1.82) is 0 Å². The molecule has 0 radical (unpaired) electrons. The molecule has 0 aromatic heterocycles. The predicted molar refractivity (Wildman–Crippen MR) is 79.7 cm³/mol. The van der Waals surface area contributed by atoms with Crippen molar-refractivity contribution in [3.8, 4) is 0 Å². The second-order valence-electron chi connectivity index (χ2n) is 5.45. The molecule has 0 bridgehead atoms. The molecule has 1 rings (SSSR count). The molecule has 0 saturated carbocycles. The highest BCUT2D eigenvalue weighted by Gasteiger charge is 2.36. The molecule has 1 unspecified atom stereocenters. The maximum absolute atomic E-state index is 5.96. The summed E-state index contributed by atoms with van der Waals surface area (Å²) in [5.41, 5.74) is 6.55. The Hall–Kier alpha value is 0.270. The fourth-order valence-electron chi connectivity index (χ4n) is 3.02. The average Bonchev–Trinajstić information content (AvgIpc) is 2.80. The highest BCUT2D eigenvalue weighted by Crippen LogP contribution is 2.38. The number of nitrogens with zero attached hydrogens (tertiary/aromatic N) is 1. The van der Waals surface area contributed by atoms with Gasteiger partial charge < -0.3 is 5.73 Å². The normalized spacial score (nSPS) is 21.9. The standard InChI is InChI=1S/C14H30N2S/c1-4-14(5-2)8-9-16(12-14)13(11-15)7-6-10-17-3/h13H,4-12,15H2,1-3H3. The minimum Gasteiger partial charge on any atom is -0.329 e. The molecule has 2 nitrogen and oxygen atoms in total. The van der Waals surface area contributed by atoms with E-state index in [4.69, 9.17) is 5.73 Å². The monoisotopic (exact) mass is 258 g/mol. The van der Waals surface area contributed by atoms with Crippen LogP contribution in [-0.4, -0.2) is 42.6 Å². The quantitative estimate of drug-likeness (QED) is 0.679. The summed E-state index contributed by atoms with van der Waals surface area (Å²) in [5.74, 6) is 1.27. The van der Waals surface area contributed by atoms with Crippen molar-refractivity contribution in [2.24, 2.45) is 11.1 Å². The lowest BCUT2D eigenvalue weighted by atomic mass is 9.82. The first-order chi connectivity index (χ1) is 8.21. The van der Waals surface area contributed by atoms with Gasteiger partial charge >= 0.3 is 0 Å². The summed E-state index contributed by atoms with van der Waals surface area (Å²) in [5, 5.41) is 0. The van der Waals surface area contributed by atoms with Gasteiger partial charge in [0.05, 0.1) is 0 Å². The zero-order chi connectivity index (χ0) is 12.7. The van der Waals surface area contributed by atoms with Gasteiger partial charge in [0.2, 0.25) is 0 Å². The van der Waals surface area contributed by atoms with Crippen molar-refractivity contribution in [2.75, 3.05) is 31.6 Å². The van der Waals surface area contributed by atoms with Crippen LogP contribution in [0.25, 0.3) is 0 Å². The van der Waals surface area contributed by atoms with Crippen LogP contribution >= 0.6 is 11.8 Å². The van der Waals surface area contributed by atoms with Crippen LogP contribution < -0.4 is 5.73 Å². The minimum absolute atomic E-state index is 0.590. The van der Waals surface area contributed by atoms with Gasteiger partial charge in [0, 0.05) is 19.1 Å².